The minimum Gasteiger partial charge on any atom is -0.458 e. The molecule has 0 amide bonds. The number of hydrogen-bond donors (Lipinski definition) is 0. The minimum absolute atomic E-state index is 0.0240. The molecule has 0 spiro atoms. The van der Waals surface area contributed by atoms with E-state index in [4.69, 9.17) is 4.74 Å². The van der Waals surface area contributed by atoms with Gasteiger partial charge in [0.05, 0.1) is 0 Å². The first-order chi connectivity index (χ1) is 11.3. The summed E-state index contributed by atoms with van der Waals surface area (Å²) < 4.78 is 5.46. The van der Waals surface area contributed by atoms with Crippen molar-refractivity contribution in [3.05, 3.63) is 11.6 Å². The van der Waals surface area contributed by atoms with Crippen molar-refractivity contribution >= 4 is 11.8 Å². The van der Waals surface area contributed by atoms with E-state index < -0.39 is 0 Å². The topological polar surface area (TPSA) is 43.4 Å². The van der Waals surface area contributed by atoms with Crippen LogP contribution in [0.3, 0.4) is 0 Å². The molecule has 132 valence electrons. The lowest BCUT2D eigenvalue weighted by Crippen LogP contribution is -2.50. The molecule has 0 aromatic carbocycles. The van der Waals surface area contributed by atoms with Crippen LogP contribution in [0.5, 0.6) is 0 Å². The Bertz CT molecular complexity index is 606. The van der Waals surface area contributed by atoms with Gasteiger partial charge in [0.1, 0.15) is 11.9 Å². The lowest BCUT2D eigenvalue weighted by Gasteiger charge is -2.57. The predicted octanol–water partition coefficient (Wildman–Crippen LogP) is 4.45. The Balaban J connectivity index is 1.61. The molecule has 0 heterocycles. The zero-order chi connectivity index (χ0) is 17.1. The number of allylic oxidation sites excluding steroid dienone is 1. The lowest BCUT2D eigenvalue weighted by atomic mass is 9.47. The van der Waals surface area contributed by atoms with Gasteiger partial charge in [-0.1, -0.05) is 19.4 Å². The number of ketones is 1. The number of ether oxygens (including phenoxy) is 1. The van der Waals surface area contributed by atoms with Crippen LogP contribution in [0.25, 0.3) is 0 Å². The summed E-state index contributed by atoms with van der Waals surface area (Å²) in [4.78, 5) is 23.7. The molecule has 0 aromatic heterocycles. The highest BCUT2D eigenvalue weighted by Crippen LogP contribution is 2.64. The number of hydrogen-bond acceptors (Lipinski definition) is 3. The second kappa shape index (κ2) is 5.44. The fourth-order valence-electron chi connectivity index (χ4n) is 6.77. The van der Waals surface area contributed by atoms with Gasteiger partial charge in [-0.15, -0.1) is 0 Å². The van der Waals surface area contributed by atoms with Gasteiger partial charge in [-0.2, -0.15) is 0 Å². The van der Waals surface area contributed by atoms with Crippen molar-refractivity contribution < 1.29 is 14.3 Å². The van der Waals surface area contributed by atoms with E-state index in [-0.39, 0.29) is 22.9 Å². The van der Waals surface area contributed by atoms with Crippen molar-refractivity contribution in [1.29, 1.82) is 0 Å². The molecule has 0 radical (unpaired) electrons. The number of Topliss-reactive ketones (excluding diaryl/α,β-unsaturated/α-hetero) is 1. The summed E-state index contributed by atoms with van der Waals surface area (Å²) in [5, 5.41) is 0. The fraction of sp³-hybridized carbons (Fsp3) is 0.810. The van der Waals surface area contributed by atoms with Crippen LogP contribution in [-0.2, 0) is 14.3 Å². The maximum atomic E-state index is 12.5. The highest BCUT2D eigenvalue weighted by atomic mass is 16.5. The van der Waals surface area contributed by atoms with Gasteiger partial charge in [-0.25, -0.2) is 0 Å². The first-order valence-corrected chi connectivity index (χ1v) is 9.76. The third-order valence-corrected chi connectivity index (χ3v) is 8.10. The molecule has 6 atom stereocenters. The monoisotopic (exact) mass is 330 g/mol. The van der Waals surface area contributed by atoms with E-state index in [1.54, 1.807) is 0 Å². The molecule has 3 saturated carbocycles. The Hall–Kier alpha value is -1.12. The molecule has 3 nitrogen and oxygen atoms in total. The van der Waals surface area contributed by atoms with Crippen molar-refractivity contribution in [3.8, 4) is 0 Å². The highest BCUT2D eigenvalue weighted by molar-refractivity contribution is 5.87. The standard InChI is InChI=1S/C21H30O3/c1-13(22)24-15-8-10-20(2)14(12-15)4-5-16-17-6-7-19(23)21(17,3)11-9-18(16)20/h12,15-18H,4-11H2,1-3H3/t15-,16+,17+,18+,20+,21-/m1/s1. The number of carbonyl (C=O) groups excluding carboxylic acids is 2. The lowest BCUT2D eigenvalue weighted by molar-refractivity contribution is -0.145. The van der Waals surface area contributed by atoms with E-state index in [1.807, 2.05) is 0 Å². The third kappa shape index (κ3) is 2.23. The maximum absolute atomic E-state index is 12.5. The molecular formula is C21H30O3. The molecule has 4 aliphatic carbocycles. The number of carbonyl (C=O) groups is 2. The van der Waals surface area contributed by atoms with E-state index in [9.17, 15) is 9.59 Å². The van der Waals surface area contributed by atoms with Crippen LogP contribution in [0, 0.1) is 28.6 Å². The quantitative estimate of drug-likeness (QED) is 0.527. The number of esters is 1. The molecule has 0 bridgehead atoms. The maximum Gasteiger partial charge on any atom is 0.303 e. The van der Waals surface area contributed by atoms with Crippen molar-refractivity contribution in [2.24, 2.45) is 28.6 Å². The normalized spacial score (nSPS) is 47.3. The summed E-state index contributed by atoms with van der Waals surface area (Å²) in [7, 11) is 0. The van der Waals surface area contributed by atoms with Crippen molar-refractivity contribution in [2.45, 2.75) is 78.2 Å². The zero-order valence-corrected chi connectivity index (χ0v) is 15.3. The second-order valence-corrected chi connectivity index (χ2v) is 9.13. The Kier molecular flexibility index (Phi) is 3.71. The molecule has 3 fully saturated rings. The van der Waals surface area contributed by atoms with Crippen LogP contribution >= 0.6 is 0 Å². The van der Waals surface area contributed by atoms with Crippen LogP contribution in [0.15, 0.2) is 11.6 Å². The second-order valence-electron chi connectivity index (χ2n) is 9.13. The van der Waals surface area contributed by atoms with Crippen LogP contribution < -0.4 is 0 Å². The minimum atomic E-state index is -0.174. The Morgan fingerprint density at radius 2 is 1.75 bits per heavy atom. The highest BCUT2D eigenvalue weighted by Gasteiger charge is 2.58. The van der Waals surface area contributed by atoms with Crippen LogP contribution in [-0.4, -0.2) is 17.9 Å². The average molecular weight is 330 g/mol. The molecule has 4 rings (SSSR count). The molecule has 0 aliphatic heterocycles. The predicted molar refractivity (Wildman–Crippen MR) is 92.3 cm³/mol. The van der Waals surface area contributed by atoms with Gasteiger partial charge in [0.25, 0.3) is 0 Å². The first kappa shape index (κ1) is 16.4. The van der Waals surface area contributed by atoms with Gasteiger partial charge in [0.15, 0.2) is 0 Å². The average Bonchev–Trinajstić information content (AvgIpc) is 2.83. The van der Waals surface area contributed by atoms with Gasteiger partial charge in [0, 0.05) is 18.8 Å². The molecule has 0 N–H and O–H groups in total. The Morgan fingerprint density at radius 3 is 2.50 bits per heavy atom. The smallest absolute Gasteiger partial charge is 0.303 e. The molecule has 0 saturated heterocycles. The van der Waals surface area contributed by atoms with Crippen LogP contribution in [0.4, 0.5) is 0 Å². The molecule has 24 heavy (non-hydrogen) atoms. The summed E-state index contributed by atoms with van der Waals surface area (Å²) in [6.07, 6.45) is 10.8. The van der Waals surface area contributed by atoms with Gasteiger partial charge in [-0.3, -0.25) is 9.59 Å². The third-order valence-electron chi connectivity index (χ3n) is 8.10. The molecule has 3 heteroatoms. The van der Waals surface area contributed by atoms with E-state index in [2.05, 4.69) is 19.9 Å². The summed E-state index contributed by atoms with van der Waals surface area (Å²) in [5.74, 6) is 2.37. The molecule has 0 unspecified atom stereocenters. The first-order valence-electron chi connectivity index (χ1n) is 9.76. The van der Waals surface area contributed by atoms with E-state index >= 15 is 0 Å². The van der Waals surface area contributed by atoms with Crippen molar-refractivity contribution in [2.75, 3.05) is 0 Å². The summed E-state index contributed by atoms with van der Waals surface area (Å²) >= 11 is 0. The van der Waals surface area contributed by atoms with Crippen molar-refractivity contribution in [3.63, 3.8) is 0 Å². The SMILES string of the molecule is CC(=O)O[C@H]1C=C2CC[C@H]3[C@@H]4CCC(=O)[C@]4(C)CC[C@@H]3[C@@]2(C)CC1. The van der Waals surface area contributed by atoms with E-state index in [0.717, 1.165) is 38.5 Å². The van der Waals surface area contributed by atoms with Gasteiger partial charge in [0.2, 0.25) is 0 Å². The number of fused-ring (bicyclic) bond motifs is 5. The van der Waals surface area contributed by atoms with Gasteiger partial charge >= 0.3 is 5.97 Å². The van der Waals surface area contributed by atoms with Gasteiger partial charge < -0.3 is 4.74 Å². The van der Waals surface area contributed by atoms with Crippen molar-refractivity contribution in [1.82, 2.24) is 0 Å². The summed E-state index contributed by atoms with van der Waals surface area (Å²) in [5.41, 5.74) is 1.74. The number of rotatable bonds is 1. The Labute approximate surface area is 145 Å². The van der Waals surface area contributed by atoms with Crippen LogP contribution in [0.1, 0.15) is 72.1 Å². The van der Waals surface area contributed by atoms with E-state index in [0.29, 0.717) is 23.5 Å². The van der Waals surface area contributed by atoms with E-state index in [1.165, 1.54) is 25.3 Å². The molecule has 0 aromatic rings. The summed E-state index contributed by atoms with van der Waals surface area (Å²) in [6.45, 7) is 6.19. The Morgan fingerprint density at radius 1 is 1.04 bits per heavy atom. The molecular weight excluding hydrogens is 300 g/mol. The summed E-state index contributed by atoms with van der Waals surface area (Å²) in [6, 6.07) is 0. The molecule has 4 aliphatic rings. The fourth-order valence-corrected chi connectivity index (χ4v) is 6.77. The zero-order valence-electron chi connectivity index (χ0n) is 15.3. The van der Waals surface area contributed by atoms with Crippen LogP contribution in [0.2, 0.25) is 0 Å². The largest absolute Gasteiger partial charge is 0.458 e. The van der Waals surface area contributed by atoms with Gasteiger partial charge in [-0.05, 0) is 74.2 Å².